The van der Waals surface area contributed by atoms with E-state index in [9.17, 15) is 18.8 Å². The highest BCUT2D eigenvalue weighted by Crippen LogP contribution is 2.27. The fraction of sp³-hybridized carbons (Fsp3) is 0.240. The van der Waals surface area contributed by atoms with Crippen molar-refractivity contribution in [3.05, 3.63) is 154 Å². The van der Waals surface area contributed by atoms with Crippen LogP contribution in [0.4, 0.5) is 70.1 Å². The quantitative estimate of drug-likeness (QED) is 0.0846. The fourth-order valence-electron chi connectivity index (χ4n) is 7.12. The summed E-state index contributed by atoms with van der Waals surface area (Å²) in [6, 6.07) is 35.9. The van der Waals surface area contributed by atoms with Gasteiger partial charge in [0.25, 0.3) is 0 Å². The Kier molecular flexibility index (Phi) is 18.7. The Morgan fingerprint density at radius 2 is 0.940 bits per heavy atom. The lowest BCUT2D eigenvalue weighted by Gasteiger charge is -2.29. The van der Waals surface area contributed by atoms with Gasteiger partial charge in [0.15, 0.2) is 0 Å². The number of carbonyl (C=O) groups is 3. The Labute approximate surface area is 406 Å². The molecule has 3 heterocycles. The highest BCUT2D eigenvalue weighted by Gasteiger charge is 2.16. The second kappa shape index (κ2) is 25.2. The minimum absolute atomic E-state index is 0.289. The lowest BCUT2D eigenvalue weighted by Crippen LogP contribution is -2.30. The van der Waals surface area contributed by atoms with Crippen molar-refractivity contribution < 1.29 is 18.8 Å². The Morgan fingerprint density at radius 1 is 0.493 bits per heavy atom. The summed E-state index contributed by atoms with van der Waals surface area (Å²) >= 11 is 17.5. The van der Waals surface area contributed by atoms with Crippen LogP contribution in [0, 0.1) is 5.82 Å². The van der Waals surface area contributed by atoms with E-state index in [1.807, 2.05) is 55.4 Å². The van der Waals surface area contributed by atoms with Crippen molar-refractivity contribution in [3.63, 3.8) is 0 Å². The summed E-state index contributed by atoms with van der Waals surface area (Å²) in [5.41, 5.74) is 5.38. The number of amides is 6. The van der Waals surface area contributed by atoms with Gasteiger partial charge in [-0.1, -0.05) is 46.9 Å². The first-order chi connectivity index (χ1) is 32.4. The third-order valence-corrected chi connectivity index (χ3v) is 11.2. The molecule has 0 saturated carbocycles. The number of halogens is 4. The van der Waals surface area contributed by atoms with E-state index in [2.05, 4.69) is 46.7 Å². The molecular formula is C50H54Cl3FN10O3. The number of hydrogen-bond acceptors (Lipinski definition) is 7. The van der Waals surface area contributed by atoms with Crippen molar-refractivity contribution in [1.82, 2.24) is 4.98 Å². The van der Waals surface area contributed by atoms with E-state index in [1.165, 1.54) is 31.7 Å². The Morgan fingerprint density at radius 3 is 1.43 bits per heavy atom. The van der Waals surface area contributed by atoms with E-state index in [1.54, 1.807) is 91.1 Å². The molecule has 2 saturated heterocycles. The molecule has 17 heteroatoms. The molecule has 6 amide bonds. The van der Waals surface area contributed by atoms with Crippen LogP contribution in [-0.2, 0) is 0 Å². The third kappa shape index (κ3) is 16.6. The van der Waals surface area contributed by atoms with E-state index >= 15 is 0 Å². The molecule has 0 spiro atoms. The SMILES string of the molecule is CN(C)c1cccc(NC(=O)Nc2ccc(Cl)cc2)c1.O=C(Nc1ccc(Cl)cc1)Nc1ccc(N2CCCCC2)nc1.O=C(Nc1cccc(Cl)c1)Nc1ccc(N2CCCCC2)c(F)c1. The number of rotatable bonds is 9. The molecular weight excluding hydrogens is 914 g/mol. The number of anilines is 9. The van der Waals surface area contributed by atoms with Gasteiger partial charge < -0.3 is 46.6 Å². The summed E-state index contributed by atoms with van der Waals surface area (Å²) in [5, 5.41) is 18.1. The molecule has 2 aliphatic heterocycles. The number of nitrogens with zero attached hydrogens (tertiary/aromatic N) is 4. The van der Waals surface area contributed by atoms with Crippen LogP contribution in [0.5, 0.6) is 0 Å². The second-order valence-corrected chi connectivity index (χ2v) is 17.2. The Balaban J connectivity index is 0.000000167. The van der Waals surface area contributed by atoms with Crippen LogP contribution < -0.4 is 46.6 Å². The molecule has 6 aromatic rings. The van der Waals surface area contributed by atoms with Crippen molar-refractivity contribution in [3.8, 4) is 0 Å². The second-order valence-electron chi connectivity index (χ2n) is 15.9. The number of nitrogens with one attached hydrogen (secondary N) is 6. The fourth-order valence-corrected chi connectivity index (χ4v) is 7.56. The molecule has 350 valence electrons. The largest absolute Gasteiger partial charge is 0.378 e. The highest BCUT2D eigenvalue weighted by molar-refractivity contribution is 6.31. The van der Waals surface area contributed by atoms with Crippen LogP contribution in [0.15, 0.2) is 134 Å². The van der Waals surface area contributed by atoms with Crippen molar-refractivity contribution >= 4 is 104 Å². The molecule has 8 rings (SSSR count). The van der Waals surface area contributed by atoms with Crippen molar-refractivity contribution in [1.29, 1.82) is 0 Å². The molecule has 0 atom stereocenters. The van der Waals surface area contributed by atoms with Gasteiger partial charge in [-0.3, -0.25) is 0 Å². The average Bonchev–Trinajstić information content (AvgIpc) is 3.32. The molecule has 5 aromatic carbocycles. The molecule has 2 aliphatic rings. The van der Waals surface area contributed by atoms with E-state index < -0.39 is 6.03 Å². The number of piperidine rings is 2. The van der Waals surface area contributed by atoms with E-state index in [0.717, 1.165) is 56.2 Å². The van der Waals surface area contributed by atoms with Crippen LogP contribution in [0.25, 0.3) is 0 Å². The summed E-state index contributed by atoms with van der Waals surface area (Å²) in [7, 11) is 3.90. The van der Waals surface area contributed by atoms with Gasteiger partial charge in [0.2, 0.25) is 0 Å². The summed E-state index contributed by atoms with van der Waals surface area (Å²) in [6.07, 6.45) is 8.77. The van der Waals surface area contributed by atoms with Gasteiger partial charge in [0, 0.05) is 89.5 Å². The predicted molar refractivity (Wildman–Crippen MR) is 276 cm³/mol. The van der Waals surface area contributed by atoms with Crippen LogP contribution in [0.1, 0.15) is 38.5 Å². The van der Waals surface area contributed by atoms with Crippen molar-refractivity contribution in [2.45, 2.75) is 38.5 Å². The lowest BCUT2D eigenvalue weighted by atomic mass is 10.1. The zero-order valence-electron chi connectivity index (χ0n) is 37.3. The number of urea groups is 3. The van der Waals surface area contributed by atoms with Gasteiger partial charge in [0.05, 0.1) is 17.6 Å². The van der Waals surface area contributed by atoms with Crippen LogP contribution in [-0.4, -0.2) is 63.4 Å². The molecule has 0 aliphatic carbocycles. The standard InChI is InChI=1S/C18H19ClFN3O.C17H19ClN4O.C15H16ClN3O/c19-13-5-4-6-14(11-13)21-18(24)22-15-7-8-17(16(20)12-15)23-9-2-1-3-10-23;18-13-4-6-14(7-5-13)20-17(23)21-15-8-9-16(19-12-15)22-10-2-1-3-11-22;1-19(2)14-5-3-4-13(10-14)18-15(20)17-12-8-6-11(16)7-9-12/h4-8,11-12H,1-3,9-10H2,(H2,21,22,24);4-9,12H,1-3,10-11H2,(H2,20,21,23);3-10H,1-2H3,(H2,17,18,20). The van der Waals surface area contributed by atoms with Crippen LogP contribution >= 0.6 is 34.8 Å². The summed E-state index contributed by atoms with van der Waals surface area (Å²) < 4.78 is 14.3. The molecule has 6 N–H and O–H groups in total. The zero-order chi connectivity index (χ0) is 47.5. The zero-order valence-corrected chi connectivity index (χ0v) is 39.6. The first kappa shape index (κ1) is 49.7. The minimum Gasteiger partial charge on any atom is -0.378 e. The highest BCUT2D eigenvalue weighted by atomic mass is 35.5. The first-order valence-corrected chi connectivity index (χ1v) is 23.0. The Bertz CT molecular complexity index is 2540. The summed E-state index contributed by atoms with van der Waals surface area (Å²) in [5.74, 6) is 0.644. The number of benzene rings is 5. The summed E-state index contributed by atoms with van der Waals surface area (Å²) in [6.45, 7) is 3.85. The first-order valence-electron chi connectivity index (χ1n) is 21.9. The molecule has 1 aromatic heterocycles. The van der Waals surface area contributed by atoms with Crippen molar-refractivity contribution in [2.75, 3.05) is 86.9 Å². The molecule has 0 bridgehead atoms. The third-order valence-electron chi connectivity index (χ3n) is 10.5. The molecule has 13 nitrogen and oxygen atoms in total. The van der Waals surface area contributed by atoms with Gasteiger partial charge in [-0.05, 0) is 154 Å². The van der Waals surface area contributed by atoms with Gasteiger partial charge in [-0.25, -0.2) is 23.8 Å². The van der Waals surface area contributed by atoms with Crippen LogP contribution in [0.2, 0.25) is 15.1 Å². The number of hydrogen-bond donors (Lipinski definition) is 6. The average molecular weight is 968 g/mol. The maximum atomic E-state index is 14.3. The Hall–Kier alpha value is -6.74. The smallest absolute Gasteiger partial charge is 0.323 e. The number of carbonyl (C=O) groups excluding carboxylic acids is 3. The molecule has 0 radical (unpaired) electrons. The van der Waals surface area contributed by atoms with Gasteiger partial charge in [-0.15, -0.1) is 0 Å². The predicted octanol–water partition coefficient (Wildman–Crippen LogP) is 13.5. The minimum atomic E-state index is -0.442. The van der Waals surface area contributed by atoms with Crippen molar-refractivity contribution in [2.24, 2.45) is 0 Å². The molecule has 2 fully saturated rings. The van der Waals surface area contributed by atoms with E-state index in [4.69, 9.17) is 34.8 Å². The lowest BCUT2D eigenvalue weighted by molar-refractivity contribution is 0.261. The van der Waals surface area contributed by atoms with Crippen LogP contribution in [0.3, 0.4) is 0 Å². The van der Waals surface area contributed by atoms with E-state index in [-0.39, 0.29) is 17.9 Å². The molecule has 67 heavy (non-hydrogen) atoms. The number of pyridine rings is 1. The normalized spacial score (nSPS) is 13.0. The number of aromatic nitrogens is 1. The van der Waals surface area contributed by atoms with E-state index in [0.29, 0.717) is 49.2 Å². The van der Waals surface area contributed by atoms with Gasteiger partial charge in [0.1, 0.15) is 11.6 Å². The monoisotopic (exact) mass is 966 g/mol. The topological polar surface area (TPSA) is 146 Å². The summed E-state index contributed by atoms with van der Waals surface area (Å²) in [4.78, 5) is 46.6. The van der Waals surface area contributed by atoms with Gasteiger partial charge >= 0.3 is 18.1 Å². The van der Waals surface area contributed by atoms with Gasteiger partial charge in [-0.2, -0.15) is 0 Å². The maximum Gasteiger partial charge on any atom is 0.323 e. The maximum absolute atomic E-state index is 14.3. The molecule has 0 unspecified atom stereocenters.